The highest BCUT2D eigenvalue weighted by molar-refractivity contribution is 5.93. The van der Waals surface area contributed by atoms with Gasteiger partial charge in [0, 0.05) is 19.8 Å². The van der Waals surface area contributed by atoms with Gasteiger partial charge in [-0.05, 0) is 37.1 Å². The molecule has 6 heteroatoms. The van der Waals surface area contributed by atoms with Gasteiger partial charge in [-0.3, -0.25) is 14.6 Å². The van der Waals surface area contributed by atoms with Crippen LogP contribution in [0, 0.1) is 25.7 Å². The quantitative estimate of drug-likeness (QED) is 0.702. The third kappa shape index (κ3) is 3.26. The maximum Gasteiger partial charge on any atom is 0.230 e. The second-order valence-corrected chi connectivity index (χ2v) is 9.04. The number of amides is 2. The largest absolute Gasteiger partial charge is 0.360 e. The lowest BCUT2D eigenvalue weighted by molar-refractivity contribution is -0.142. The van der Waals surface area contributed by atoms with Crippen LogP contribution in [0.15, 0.2) is 54.7 Å². The molecule has 1 aromatic heterocycles. The predicted molar refractivity (Wildman–Crippen MR) is 116 cm³/mol. The van der Waals surface area contributed by atoms with E-state index in [4.69, 9.17) is 4.74 Å². The number of aryl methyl sites for hydroxylation is 2. The lowest BCUT2D eigenvalue weighted by Crippen LogP contribution is -2.44. The Morgan fingerprint density at radius 2 is 2.13 bits per heavy atom. The molecule has 2 unspecified atom stereocenters. The fourth-order valence-electron chi connectivity index (χ4n) is 5.24. The number of carbonyl (C=O) groups is 2. The van der Waals surface area contributed by atoms with E-state index in [0.717, 1.165) is 16.8 Å². The zero-order valence-corrected chi connectivity index (χ0v) is 18.1. The monoisotopic (exact) mass is 417 g/mol. The van der Waals surface area contributed by atoms with E-state index < -0.39 is 17.4 Å². The standard InChI is InChI=1S/C25H27N3O3/c1-16-7-8-17(2)18(12-16)13-28-15-25-10-9-20(31-25)21(22(25)24(28)30)23(29)27(3)14-19-6-4-5-11-26-19/h4-12,20-22H,13-15H2,1-3H3/t20-,21?,22?,25-/m0/s1. The molecule has 0 aliphatic carbocycles. The van der Waals surface area contributed by atoms with E-state index in [-0.39, 0.29) is 17.9 Å². The molecule has 2 fully saturated rings. The molecule has 2 saturated heterocycles. The Morgan fingerprint density at radius 3 is 2.90 bits per heavy atom. The van der Waals surface area contributed by atoms with Gasteiger partial charge in [-0.2, -0.15) is 0 Å². The molecule has 1 spiro atoms. The number of likely N-dealkylation sites (tertiary alicyclic amines) is 1. The molecule has 0 radical (unpaired) electrons. The first-order valence-corrected chi connectivity index (χ1v) is 10.7. The number of hydrogen-bond acceptors (Lipinski definition) is 4. The highest BCUT2D eigenvalue weighted by Crippen LogP contribution is 2.52. The lowest BCUT2D eigenvalue weighted by Gasteiger charge is -2.27. The Balaban J connectivity index is 1.37. The number of aromatic nitrogens is 1. The van der Waals surface area contributed by atoms with Crippen LogP contribution >= 0.6 is 0 Å². The van der Waals surface area contributed by atoms with Crippen LogP contribution in [0.5, 0.6) is 0 Å². The highest BCUT2D eigenvalue weighted by Gasteiger charge is 2.67. The molecule has 0 saturated carbocycles. The summed E-state index contributed by atoms with van der Waals surface area (Å²) in [6.45, 7) is 5.56. The van der Waals surface area contributed by atoms with Crippen molar-refractivity contribution in [1.82, 2.24) is 14.8 Å². The topological polar surface area (TPSA) is 62.7 Å². The van der Waals surface area contributed by atoms with E-state index in [2.05, 4.69) is 37.0 Å². The van der Waals surface area contributed by atoms with E-state index in [1.54, 1.807) is 18.1 Å². The van der Waals surface area contributed by atoms with Gasteiger partial charge in [-0.1, -0.05) is 42.0 Å². The molecule has 3 aliphatic rings. The van der Waals surface area contributed by atoms with E-state index in [9.17, 15) is 9.59 Å². The van der Waals surface area contributed by atoms with Gasteiger partial charge in [0.25, 0.3) is 0 Å². The molecule has 2 aromatic rings. The summed E-state index contributed by atoms with van der Waals surface area (Å²) in [6, 6.07) is 12.0. The summed E-state index contributed by atoms with van der Waals surface area (Å²) in [4.78, 5) is 34.7. The van der Waals surface area contributed by atoms with Crippen molar-refractivity contribution in [3.05, 3.63) is 77.1 Å². The number of hydrogen-bond donors (Lipinski definition) is 0. The number of rotatable bonds is 5. The molecule has 31 heavy (non-hydrogen) atoms. The molecule has 4 atom stereocenters. The van der Waals surface area contributed by atoms with Crippen LogP contribution in [0.2, 0.25) is 0 Å². The third-order valence-electron chi connectivity index (χ3n) is 6.83. The number of ether oxygens (including phenoxy) is 1. The maximum atomic E-state index is 13.5. The Morgan fingerprint density at radius 1 is 1.29 bits per heavy atom. The molecule has 160 valence electrons. The maximum absolute atomic E-state index is 13.5. The zero-order valence-electron chi connectivity index (χ0n) is 18.1. The first-order valence-electron chi connectivity index (χ1n) is 10.7. The van der Waals surface area contributed by atoms with Crippen LogP contribution in [0.3, 0.4) is 0 Å². The lowest BCUT2D eigenvalue weighted by atomic mass is 9.76. The molecular formula is C25H27N3O3. The average molecular weight is 418 g/mol. The Bertz CT molecular complexity index is 1070. The van der Waals surface area contributed by atoms with E-state index in [1.807, 2.05) is 35.3 Å². The smallest absolute Gasteiger partial charge is 0.230 e. The first kappa shape index (κ1) is 19.9. The fourth-order valence-corrected chi connectivity index (χ4v) is 5.24. The summed E-state index contributed by atoms with van der Waals surface area (Å²) in [5.74, 6) is -1.01. The van der Waals surface area contributed by atoms with Crippen LogP contribution in [-0.4, -0.2) is 51.9 Å². The van der Waals surface area contributed by atoms with Crippen molar-refractivity contribution < 1.29 is 14.3 Å². The van der Waals surface area contributed by atoms with Crippen LogP contribution in [0.1, 0.15) is 22.4 Å². The number of benzene rings is 1. The zero-order chi connectivity index (χ0) is 21.8. The summed E-state index contributed by atoms with van der Waals surface area (Å²) >= 11 is 0. The molecule has 6 nitrogen and oxygen atoms in total. The third-order valence-corrected chi connectivity index (χ3v) is 6.83. The number of fused-ring (bicyclic) bond motifs is 1. The molecule has 2 bridgehead atoms. The van der Waals surface area contributed by atoms with Crippen LogP contribution in [-0.2, 0) is 27.4 Å². The molecule has 4 heterocycles. The minimum absolute atomic E-state index is 0.0114. The second-order valence-electron chi connectivity index (χ2n) is 9.04. The molecule has 1 aromatic carbocycles. The Labute approximate surface area is 182 Å². The summed E-state index contributed by atoms with van der Waals surface area (Å²) in [5, 5.41) is 0. The summed E-state index contributed by atoms with van der Waals surface area (Å²) in [6.07, 6.45) is 5.35. The Kier molecular flexibility index (Phi) is 4.70. The van der Waals surface area contributed by atoms with Gasteiger partial charge in [0.05, 0.1) is 36.7 Å². The van der Waals surface area contributed by atoms with Crippen LogP contribution in [0.25, 0.3) is 0 Å². The van der Waals surface area contributed by atoms with Crippen molar-refractivity contribution in [2.75, 3.05) is 13.6 Å². The number of nitrogens with zero attached hydrogens (tertiary/aromatic N) is 3. The Hall–Kier alpha value is -2.99. The normalized spacial score (nSPS) is 28.3. The number of pyridine rings is 1. The van der Waals surface area contributed by atoms with Gasteiger partial charge in [-0.15, -0.1) is 0 Å². The minimum atomic E-state index is -0.689. The summed E-state index contributed by atoms with van der Waals surface area (Å²) < 4.78 is 6.27. The first-order chi connectivity index (χ1) is 14.9. The number of carbonyl (C=O) groups excluding carboxylic acids is 2. The van der Waals surface area contributed by atoms with Gasteiger partial charge in [0.1, 0.15) is 5.60 Å². The van der Waals surface area contributed by atoms with Gasteiger partial charge < -0.3 is 14.5 Å². The minimum Gasteiger partial charge on any atom is -0.360 e. The van der Waals surface area contributed by atoms with Crippen molar-refractivity contribution >= 4 is 11.8 Å². The van der Waals surface area contributed by atoms with Crippen molar-refractivity contribution in [3.63, 3.8) is 0 Å². The van der Waals surface area contributed by atoms with E-state index in [1.165, 1.54) is 5.56 Å². The van der Waals surface area contributed by atoms with Gasteiger partial charge in [-0.25, -0.2) is 0 Å². The van der Waals surface area contributed by atoms with Crippen molar-refractivity contribution in [2.45, 2.75) is 38.6 Å². The fraction of sp³-hybridized carbons (Fsp3) is 0.400. The predicted octanol–water partition coefficient (Wildman–Crippen LogP) is 2.64. The van der Waals surface area contributed by atoms with Gasteiger partial charge >= 0.3 is 0 Å². The molecule has 3 aliphatic heterocycles. The van der Waals surface area contributed by atoms with Crippen LogP contribution in [0.4, 0.5) is 0 Å². The van der Waals surface area contributed by atoms with Crippen molar-refractivity contribution in [2.24, 2.45) is 11.8 Å². The summed E-state index contributed by atoms with van der Waals surface area (Å²) in [5.41, 5.74) is 3.61. The van der Waals surface area contributed by atoms with Crippen molar-refractivity contribution in [1.29, 1.82) is 0 Å². The summed E-state index contributed by atoms with van der Waals surface area (Å²) in [7, 11) is 1.77. The van der Waals surface area contributed by atoms with Crippen molar-refractivity contribution in [3.8, 4) is 0 Å². The SMILES string of the molecule is Cc1ccc(C)c(CN2C[C@]34C=C[C@H](O3)C(C(=O)N(C)Cc3ccccn3)C4C2=O)c1. The van der Waals surface area contributed by atoms with E-state index in [0.29, 0.717) is 19.6 Å². The van der Waals surface area contributed by atoms with E-state index >= 15 is 0 Å². The van der Waals surface area contributed by atoms with Crippen LogP contribution < -0.4 is 0 Å². The molecule has 2 amide bonds. The highest BCUT2D eigenvalue weighted by atomic mass is 16.5. The van der Waals surface area contributed by atoms with Gasteiger partial charge in [0.15, 0.2) is 0 Å². The average Bonchev–Trinajstić information content (AvgIpc) is 3.39. The van der Waals surface area contributed by atoms with Gasteiger partial charge in [0.2, 0.25) is 11.8 Å². The molecule has 0 N–H and O–H groups in total. The second kappa shape index (κ2) is 7.31. The molecule has 5 rings (SSSR count). The molecular weight excluding hydrogens is 390 g/mol.